The predicted molar refractivity (Wildman–Crippen MR) is 37.2 cm³/mol. The third kappa shape index (κ3) is 5.56. The molecule has 0 rings (SSSR count). The fourth-order valence-corrected chi connectivity index (χ4v) is 0.370. The van der Waals surface area contributed by atoms with Crippen molar-refractivity contribution in [3.63, 3.8) is 0 Å². The van der Waals surface area contributed by atoms with E-state index in [1.807, 2.05) is 6.92 Å². The van der Waals surface area contributed by atoms with E-state index in [1.54, 1.807) is 6.92 Å². The first-order chi connectivity index (χ1) is 4.81. The van der Waals surface area contributed by atoms with Crippen molar-refractivity contribution in [3.8, 4) is 0 Å². The van der Waals surface area contributed by atoms with Crippen LogP contribution in [0.1, 0.15) is 33.1 Å². The lowest BCUT2D eigenvalue weighted by Crippen LogP contribution is -2.04. The molecule has 0 aromatic rings. The normalized spacial score (nSPS) is 9.40. The van der Waals surface area contributed by atoms with Crippen LogP contribution in [0.3, 0.4) is 0 Å². The highest BCUT2D eigenvalue weighted by atomic mass is 17.2. The van der Waals surface area contributed by atoms with E-state index in [2.05, 4.69) is 9.78 Å². The number of carbonyl (C=O) groups excluding carboxylic acids is 1. The van der Waals surface area contributed by atoms with Crippen molar-refractivity contribution in [2.75, 3.05) is 6.61 Å². The van der Waals surface area contributed by atoms with Gasteiger partial charge in [0.15, 0.2) is 0 Å². The predicted octanol–water partition coefficient (Wildman–Crippen LogP) is 1.67. The van der Waals surface area contributed by atoms with E-state index in [0.29, 0.717) is 13.0 Å². The Morgan fingerprint density at radius 1 is 1.40 bits per heavy atom. The second-order valence-electron chi connectivity index (χ2n) is 1.98. The van der Waals surface area contributed by atoms with Crippen LogP contribution in [0.4, 0.5) is 0 Å². The van der Waals surface area contributed by atoms with Gasteiger partial charge in [-0.2, -0.15) is 4.89 Å². The molecule has 0 N–H and O–H groups in total. The molecule has 0 spiro atoms. The zero-order chi connectivity index (χ0) is 7.82. The molecule has 0 aliphatic rings. The molecule has 0 aromatic heterocycles. The second-order valence-corrected chi connectivity index (χ2v) is 1.98. The van der Waals surface area contributed by atoms with Gasteiger partial charge >= 0.3 is 5.97 Å². The summed E-state index contributed by atoms with van der Waals surface area (Å²) < 4.78 is 0. The van der Waals surface area contributed by atoms with Gasteiger partial charge in [0.05, 0.1) is 6.61 Å². The van der Waals surface area contributed by atoms with Crippen LogP contribution in [0.25, 0.3) is 0 Å². The first kappa shape index (κ1) is 9.43. The third-order valence-electron chi connectivity index (χ3n) is 1.02. The number of carbonyl (C=O) groups is 1. The Morgan fingerprint density at radius 2 is 2.10 bits per heavy atom. The van der Waals surface area contributed by atoms with Crippen molar-refractivity contribution < 1.29 is 14.6 Å². The first-order valence-corrected chi connectivity index (χ1v) is 3.63. The molecular formula is C7H14O3. The van der Waals surface area contributed by atoms with E-state index in [4.69, 9.17) is 0 Å². The van der Waals surface area contributed by atoms with E-state index < -0.39 is 0 Å². The Morgan fingerprint density at radius 3 is 2.60 bits per heavy atom. The molecule has 10 heavy (non-hydrogen) atoms. The van der Waals surface area contributed by atoms with Gasteiger partial charge in [0, 0.05) is 6.42 Å². The number of rotatable bonds is 5. The van der Waals surface area contributed by atoms with Gasteiger partial charge in [-0.1, -0.05) is 20.3 Å². The molecule has 0 unspecified atom stereocenters. The van der Waals surface area contributed by atoms with E-state index in [1.165, 1.54) is 0 Å². The SMILES string of the molecule is CCCCOOC(=O)CC. The minimum Gasteiger partial charge on any atom is -0.298 e. The highest BCUT2D eigenvalue weighted by Gasteiger charge is 1.97. The van der Waals surface area contributed by atoms with Crippen LogP contribution in [-0.2, 0) is 14.6 Å². The molecule has 60 valence electrons. The lowest BCUT2D eigenvalue weighted by molar-refractivity contribution is -0.272. The van der Waals surface area contributed by atoms with Gasteiger partial charge in [-0.3, -0.25) is 4.89 Å². The van der Waals surface area contributed by atoms with E-state index >= 15 is 0 Å². The van der Waals surface area contributed by atoms with Crippen LogP contribution < -0.4 is 0 Å². The fourth-order valence-electron chi connectivity index (χ4n) is 0.370. The average molecular weight is 146 g/mol. The van der Waals surface area contributed by atoms with Gasteiger partial charge in [0.25, 0.3) is 0 Å². The zero-order valence-electron chi connectivity index (χ0n) is 6.55. The van der Waals surface area contributed by atoms with Crippen molar-refractivity contribution in [2.24, 2.45) is 0 Å². The Balaban J connectivity index is 2.96. The topological polar surface area (TPSA) is 35.5 Å². The molecule has 0 heterocycles. The van der Waals surface area contributed by atoms with Crippen LogP contribution in [0.2, 0.25) is 0 Å². The van der Waals surface area contributed by atoms with E-state index in [0.717, 1.165) is 12.8 Å². The summed E-state index contributed by atoms with van der Waals surface area (Å²) in [6, 6.07) is 0. The summed E-state index contributed by atoms with van der Waals surface area (Å²) in [5, 5.41) is 0. The maximum absolute atomic E-state index is 10.4. The maximum Gasteiger partial charge on any atom is 0.342 e. The quantitative estimate of drug-likeness (QED) is 0.336. The van der Waals surface area contributed by atoms with Crippen LogP contribution in [0.5, 0.6) is 0 Å². The molecule has 0 radical (unpaired) electrons. The Bertz CT molecular complexity index is 90.9. The summed E-state index contributed by atoms with van der Waals surface area (Å²) >= 11 is 0. The highest BCUT2D eigenvalue weighted by Crippen LogP contribution is 1.90. The lowest BCUT2D eigenvalue weighted by Gasteiger charge is -1.99. The summed E-state index contributed by atoms with van der Waals surface area (Å²) in [5.74, 6) is -0.309. The Kier molecular flexibility index (Phi) is 6.18. The monoisotopic (exact) mass is 146 g/mol. The third-order valence-corrected chi connectivity index (χ3v) is 1.02. The molecule has 0 aliphatic heterocycles. The van der Waals surface area contributed by atoms with Crippen molar-refractivity contribution in [2.45, 2.75) is 33.1 Å². The minimum absolute atomic E-state index is 0.309. The summed E-state index contributed by atoms with van der Waals surface area (Å²) in [4.78, 5) is 19.4. The van der Waals surface area contributed by atoms with E-state index in [-0.39, 0.29) is 5.97 Å². The Hall–Kier alpha value is -0.570. The minimum atomic E-state index is -0.309. The maximum atomic E-state index is 10.4. The molecular weight excluding hydrogens is 132 g/mol. The van der Waals surface area contributed by atoms with Crippen molar-refractivity contribution in [3.05, 3.63) is 0 Å². The molecule has 0 bridgehead atoms. The number of hydrogen-bond acceptors (Lipinski definition) is 3. The molecule has 0 amide bonds. The van der Waals surface area contributed by atoms with Gasteiger partial charge in [-0.05, 0) is 6.42 Å². The molecule has 0 aromatic carbocycles. The molecule has 0 aliphatic carbocycles. The van der Waals surface area contributed by atoms with Crippen LogP contribution >= 0.6 is 0 Å². The fraction of sp³-hybridized carbons (Fsp3) is 0.857. The van der Waals surface area contributed by atoms with Gasteiger partial charge in [0.1, 0.15) is 0 Å². The summed E-state index contributed by atoms with van der Waals surface area (Å²) in [6.45, 7) is 4.28. The van der Waals surface area contributed by atoms with Gasteiger partial charge in [0.2, 0.25) is 0 Å². The molecule has 0 fully saturated rings. The Labute approximate surface area is 61.2 Å². The lowest BCUT2D eigenvalue weighted by atomic mass is 10.4. The van der Waals surface area contributed by atoms with Crippen LogP contribution in [0.15, 0.2) is 0 Å². The summed E-state index contributed by atoms with van der Waals surface area (Å²) in [6.07, 6.45) is 2.34. The zero-order valence-corrected chi connectivity index (χ0v) is 6.55. The molecule has 0 saturated heterocycles. The van der Waals surface area contributed by atoms with Crippen molar-refractivity contribution in [1.82, 2.24) is 0 Å². The van der Waals surface area contributed by atoms with Gasteiger partial charge in [-0.25, -0.2) is 4.79 Å². The number of hydrogen-bond donors (Lipinski definition) is 0. The first-order valence-electron chi connectivity index (χ1n) is 3.63. The summed E-state index contributed by atoms with van der Waals surface area (Å²) in [7, 11) is 0. The molecule has 0 atom stereocenters. The molecule has 3 nitrogen and oxygen atoms in total. The van der Waals surface area contributed by atoms with Crippen LogP contribution in [0, 0.1) is 0 Å². The van der Waals surface area contributed by atoms with Crippen molar-refractivity contribution in [1.29, 1.82) is 0 Å². The number of unbranched alkanes of at least 4 members (excludes halogenated alkanes) is 1. The summed E-state index contributed by atoms with van der Waals surface area (Å²) in [5.41, 5.74) is 0. The van der Waals surface area contributed by atoms with Gasteiger partial charge < -0.3 is 0 Å². The smallest absolute Gasteiger partial charge is 0.298 e. The largest absolute Gasteiger partial charge is 0.342 e. The second kappa shape index (κ2) is 6.55. The molecule has 3 heteroatoms. The average Bonchev–Trinajstić information content (AvgIpc) is 1.98. The van der Waals surface area contributed by atoms with E-state index in [9.17, 15) is 4.79 Å². The van der Waals surface area contributed by atoms with Crippen LogP contribution in [-0.4, -0.2) is 12.6 Å². The van der Waals surface area contributed by atoms with Gasteiger partial charge in [-0.15, -0.1) is 0 Å². The van der Waals surface area contributed by atoms with Crippen molar-refractivity contribution >= 4 is 5.97 Å². The standard InChI is InChI=1S/C7H14O3/c1-3-5-6-9-10-7(8)4-2/h3-6H2,1-2H3. The highest BCUT2D eigenvalue weighted by molar-refractivity contribution is 5.68. The molecule has 0 saturated carbocycles.